The summed E-state index contributed by atoms with van der Waals surface area (Å²) in [6, 6.07) is 12.1. The standard InChI is InChI=1S/C19H15FN4/c20-16-8-4-3-7-14(16)17-13-6-2-1-5-12(13)15(9-21)18(24)19(17,10-22)11-23/h3-5,7-8,13,15,17,24H,1-2,6H2/t13-,15+,17-/m1/s1. The summed E-state index contributed by atoms with van der Waals surface area (Å²) in [5.74, 6) is -2.39. The molecule has 1 saturated carbocycles. The Hall–Kier alpha value is -2.97. The number of hydrogen-bond donors (Lipinski definition) is 1. The number of nitrogens with one attached hydrogen (secondary N) is 1. The summed E-state index contributed by atoms with van der Waals surface area (Å²) in [6.07, 6.45) is 4.27. The predicted octanol–water partition coefficient (Wildman–Crippen LogP) is 3.84. The Morgan fingerprint density at radius 2 is 1.88 bits per heavy atom. The van der Waals surface area contributed by atoms with Crippen LogP contribution in [0.1, 0.15) is 30.7 Å². The van der Waals surface area contributed by atoms with E-state index in [1.54, 1.807) is 18.2 Å². The molecular formula is C19H15FN4. The molecule has 3 rings (SSSR count). The lowest BCUT2D eigenvalue weighted by molar-refractivity contribution is 0.313. The molecule has 1 aromatic carbocycles. The Morgan fingerprint density at radius 3 is 2.50 bits per heavy atom. The molecule has 0 unspecified atom stereocenters. The van der Waals surface area contributed by atoms with Gasteiger partial charge in [-0.25, -0.2) is 4.39 Å². The van der Waals surface area contributed by atoms with Crippen LogP contribution in [-0.4, -0.2) is 5.71 Å². The van der Waals surface area contributed by atoms with Gasteiger partial charge in [-0.2, -0.15) is 15.8 Å². The quantitative estimate of drug-likeness (QED) is 0.797. The smallest absolute Gasteiger partial charge is 0.189 e. The largest absolute Gasteiger partial charge is 0.305 e. The summed E-state index contributed by atoms with van der Waals surface area (Å²) in [6.45, 7) is 0. The number of nitriles is 3. The number of fused-ring (bicyclic) bond motifs is 1. The maximum absolute atomic E-state index is 14.5. The molecule has 0 saturated heterocycles. The van der Waals surface area contributed by atoms with Crippen LogP contribution < -0.4 is 0 Å². The topological polar surface area (TPSA) is 95.2 Å². The molecule has 0 aliphatic heterocycles. The van der Waals surface area contributed by atoms with E-state index in [1.807, 2.05) is 18.2 Å². The first-order valence-corrected chi connectivity index (χ1v) is 7.86. The van der Waals surface area contributed by atoms with E-state index in [0.717, 1.165) is 18.4 Å². The highest BCUT2D eigenvalue weighted by Crippen LogP contribution is 2.55. The van der Waals surface area contributed by atoms with Gasteiger partial charge in [-0.3, -0.25) is 0 Å². The van der Waals surface area contributed by atoms with E-state index in [2.05, 4.69) is 6.07 Å². The van der Waals surface area contributed by atoms with Gasteiger partial charge in [0.15, 0.2) is 5.41 Å². The van der Waals surface area contributed by atoms with Crippen molar-refractivity contribution in [2.45, 2.75) is 25.2 Å². The average Bonchev–Trinajstić information content (AvgIpc) is 2.62. The van der Waals surface area contributed by atoms with Crippen LogP contribution in [0.5, 0.6) is 0 Å². The molecule has 5 heteroatoms. The van der Waals surface area contributed by atoms with Gasteiger partial charge in [0.2, 0.25) is 0 Å². The van der Waals surface area contributed by atoms with E-state index in [4.69, 9.17) is 5.41 Å². The summed E-state index contributed by atoms with van der Waals surface area (Å²) in [4.78, 5) is 0. The number of hydrogen-bond acceptors (Lipinski definition) is 4. The van der Waals surface area contributed by atoms with Crippen LogP contribution in [0.15, 0.2) is 35.9 Å². The van der Waals surface area contributed by atoms with E-state index in [1.165, 1.54) is 6.07 Å². The monoisotopic (exact) mass is 318 g/mol. The summed E-state index contributed by atoms with van der Waals surface area (Å²) in [7, 11) is 0. The first-order valence-electron chi connectivity index (χ1n) is 7.86. The molecule has 0 bridgehead atoms. The lowest BCUT2D eigenvalue weighted by Gasteiger charge is -2.45. The SMILES string of the molecule is N#C[C@@H]1C(=N)C(C#N)(C#N)[C@@H](c2ccccc2F)[C@@H]2CCCC=C12. The van der Waals surface area contributed by atoms with Gasteiger partial charge in [-0.05, 0) is 42.4 Å². The Morgan fingerprint density at radius 1 is 1.17 bits per heavy atom. The van der Waals surface area contributed by atoms with Crippen molar-refractivity contribution in [3.05, 3.63) is 47.3 Å². The number of nitrogens with zero attached hydrogens (tertiary/aromatic N) is 3. The molecule has 0 spiro atoms. The Balaban J connectivity index is 2.29. The molecule has 0 radical (unpaired) electrons. The zero-order chi connectivity index (χ0) is 17.3. The second-order valence-electron chi connectivity index (χ2n) is 6.25. The molecule has 1 N–H and O–H groups in total. The fraction of sp³-hybridized carbons (Fsp3) is 0.368. The molecule has 0 aromatic heterocycles. The number of allylic oxidation sites excluding steroid dienone is 2. The first-order chi connectivity index (χ1) is 11.6. The van der Waals surface area contributed by atoms with Crippen molar-refractivity contribution >= 4 is 5.71 Å². The molecule has 0 amide bonds. The van der Waals surface area contributed by atoms with Gasteiger partial charge in [-0.1, -0.05) is 24.3 Å². The van der Waals surface area contributed by atoms with Crippen LogP contribution in [-0.2, 0) is 0 Å². The average molecular weight is 318 g/mol. The second-order valence-corrected chi connectivity index (χ2v) is 6.25. The zero-order valence-corrected chi connectivity index (χ0v) is 13.0. The minimum Gasteiger partial charge on any atom is -0.305 e. The van der Waals surface area contributed by atoms with Gasteiger partial charge < -0.3 is 5.41 Å². The van der Waals surface area contributed by atoms with Gasteiger partial charge in [0.05, 0.1) is 23.9 Å². The molecule has 118 valence electrons. The Kier molecular flexibility index (Phi) is 3.92. The summed E-state index contributed by atoms with van der Waals surface area (Å²) in [5, 5.41) is 37.5. The highest BCUT2D eigenvalue weighted by atomic mass is 19.1. The number of benzene rings is 1. The highest BCUT2D eigenvalue weighted by molar-refractivity contribution is 6.00. The van der Waals surface area contributed by atoms with Gasteiger partial charge in [0.1, 0.15) is 11.7 Å². The molecule has 1 fully saturated rings. The third-order valence-electron chi connectivity index (χ3n) is 5.17. The van der Waals surface area contributed by atoms with Crippen molar-refractivity contribution in [1.82, 2.24) is 0 Å². The first kappa shape index (κ1) is 15.9. The molecule has 2 aliphatic carbocycles. The van der Waals surface area contributed by atoms with E-state index in [-0.39, 0.29) is 17.2 Å². The van der Waals surface area contributed by atoms with E-state index >= 15 is 0 Å². The minimum absolute atomic E-state index is 0.229. The van der Waals surface area contributed by atoms with Crippen LogP contribution in [0.25, 0.3) is 0 Å². The lowest BCUT2D eigenvalue weighted by atomic mass is 9.53. The molecule has 24 heavy (non-hydrogen) atoms. The van der Waals surface area contributed by atoms with E-state index in [0.29, 0.717) is 6.42 Å². The second kappa shape index (κ2) is 5.91. The van der Waals surface area contributed by atoms with Gasteiger partial charge in [0, 0.05) is 5.92 Å². The van der Waals surface area contributed by atoms with Crippen LogP contribution in [0.3, 0.4) is 0 Å². The zero-order valence-electron chi connectivity index (χ0n) is 13.0. The van der Waals surface area contributed by atoms with Crippen molar-refractivity contribution < 1.29 is 4.39 Å². The van der Waals surface area contributed by atoms with Gasteiger partial charge in [-0.15, -0.1) is 0 Å². The van der Waals surface area contributed by atoms with Crippen molar-refractivity contribution in [2.24, 2.45) is 17.3 Å². The molecule has 2 aliphatic rings. The molecule has 3 atom stereocenters. The maximum atomic E-state index is 14.5. The maximum Gasteiger partial charge on any atom is 0.189 e. The van der Waals surface area contributed by atoms with Crippen LogP contribution in [0.4, 0.5) is 4.39 Å². The summed E-state index contributed by atoms with van der Waals surface area (Å²) < 4.78 is 14.5. The van der Waals surface area contributed by atoms with Gasteiger partial charge in [0.25, 0.3) is 0 Å². The molecular weight excluding hydrogens is 303 g/mol. The predicted molar refractivity (Wildman–Crippen MR) is 85.1 cm³/mol. The van der Waals surface area contributed by atoms with Crippen molar-refractivity contribution in [3.63, 3.8) is 0 Å². The molecule has 0 heterocycles. The Bertz CT molecular complexity index is 835. The normalized spacial score (nSPS) is 27.8. The number of rotatable bonds is 1. The van der Waals surface area contributed by atoms with Crippen LogP contribution in [0.2, 0.25) is 0 Å². The van der Waals surface area contributed by atoms with Crippen molar-refractivity contribution in [3.8, 4) is 18.2 Å². The van der Waals surface area contributed by atoms with Crippen molar-refractivity contribution in [1.29, 1.82) is 21.2 Å². The van der Waals surface area contributed by atoms with Crippen LogP contribution in [0, 0.1) is 62.5 Å². The minimum atomic E-state index is -1.82. The summed E-state index contributed by atoms with van der Waals surface area (Å²) >= 11 is 0. The Labute approximate surface area is 140 Å². The fourth-order valence-corrected chi connectivity index (χ4v) is 4.08. The summed E-state index contributed by atoms with van der Waals surface area (Å²) in [5.41, 5.74) is -1.00. The van der Waals surface area contributed by atoms with E-state index < -0.39 is 23.1 Å². The lowest BCUT2D eigenvalue weighted by Crippen LogP contribution is -2.49. The molecule has 1 aromatic rings. The van der Waals surface area contributed by atoms with Crippen molar-refractivity contribution in [2.75, 3.05) is 0 Å². The molecule has 4 nitrogen and oxygen atoms in total. The third kappa shape index (κ3) is 2.04. The van der Waals surface area contributed by atoms with Crippen LogP contribution >= 0.6 is 0 Å². The van der Waals surface area contributed by atoms with E-state index in [9.17, 15) is 20.2 Å². The highest BCUT2D eigenvalue weighted by Gasteiger charge is 2.57. The van der Waals surface area contributed by atoms with Gasteiger partial charge >= 0.3 is 0 Å². The third-order valence-corrected chi connectivity index (χ3v) is 5.17. The fourth-order valence-electron chi connectivity index (χ4n) is 4.08. The number of halogens is 1.